The molecule has 0 unspecified atom stereocenters. The first-order valence-corrected chi connectivity index (χ1v) is 5.00. The van der Waals surface area contributed by atoms with Crippen LogP contribution in [0, 0.1) is 0 Å². The second-order valence-corrected chi connectivity index (χ2v) is 3.40. The number of rotatable bonds is 4. The zero-order valence-electron chi connectivity index (χ0n) is 7.79. The van der Waals surface area contributed by atoms with Crippen LogP contribution in [0.2, 0.25) is 0 Å². The molecule has 0 spiro atoms. The van der Waals surface area contributed by atoms with Crippen molar-refractivity contribution in [3.8, 4) is 0 Å². The molecule has 0 aliphatic carbocycles. The molecule has 5 heteroatoms. The first-order valence-electron chi connectivity index (χ1n) is 4.21. The summed E-state index contributed by atoms with van der Waals surface area (Å²) in [4.78, 5) is 15.1. The average molecular weight is 259 g/mol. The Morgan fingerprint density at radius 2 is 2.50 bits per heavy atom. The minimum absolute atomic E-state index is 0.0747. The van der Waals surface area contributed by atoms with E-state index >= 15 is 0 Å². The van der Waals surface area contributed by atoms with Crippen molar-refractivity contribution >= 4 is 27.5 Å². The van der Waals surface area contributed by atoms with Gasteiger partial charge in [0.25, 0.3) is 0 Å². The van der Waals surface area contributed by atoms with Gasteiger partial charge in [-0.15, -0.1) is 0 Å². The molecule has 0 aliphatic rings. The molecule has 1 N–H and O–H groups in total. The second-order valence-electron chi connectivity index (χ2n) is 2.54. The molecule has 0 fully saturated rings. The van der Waals surface area contributed by atoms with Crippen LogP contribution in [0.25, 0.3) is 0 Å². The van der Waals surface area contributed by atoms with Gasteiger partial charge in [0, 0.05) is 19.0 Å². The molecule has 76 valence electrons. The van der Waals surface area contributed by atoms with Gasteiger partial charge in [-0.05, 0) is 28.9 Å². The van der Waals surface area contributed by atoms with Gasteiger partial charge in [0.2, 0.25) is 5.91 Å². The van der Waals surface area contributed by atoms with Gasteiger partial charge in [-0.1, -0.05) is 0 Å². The molecule has 1 amide bonds. The lowest BCUT2D eigenvalue weighted by atomic mass is 10.4. The number of pyridine rings is 1. The van der Waals surface area contributed by atoms with Crippen LogP contribution in [0.4, 0.5) is 5.69 Å². The highest BCUT2D eigenvalue weighted by atomic mass is 79.9. The lowest BCUT2D eigenvalue weighted by molar-refractivity contribution is -0.120. The maximum atomic E-state index is 11.2. The number of amides is 1. The fourth-order valence-electron chi connectivity index (χ4n) is 0.858. The Balaban J connectivity index is 2.52. The minimum atomic E-state index is -0.168. The van der Waals surface area contributed by atoms with Crippen LogP contribution in [0.1, 0.15) is 6.92 Å². The van der Waals surface area contributed by atoms with Crippen LogP contribution in [0.15, 0.2) is 22.9 Å². The Kier molecular flexibility index (Phi) is 4.55. The largest absolute Gasteiger partial charge is 0.372 e. The summed E-state index contributed by atoms with van der Waals surface area (Å²) < 4.78 is 5.72. The summed E-state index contributed by atoms with van der Waals surface area (Å²) in [7, 11) is 0. The molecule has 0 saturated carbocycles. The quantitative estimate of drug-likeness (QED) is 0.897. The molecular weight excluding hydrogens is 248 g/mol. The standard InChI is InChI=1S/C9H11BrN2O2/c1-2-14-6-9(13)12-8-3-4-11-5-7(8)10/h3-5H,2,6H2,1H3,(H,11,12,13). The molecule has 1 aromatic rings. The predicted octanol–water partition coefficient (Wildman–Crippen LogP) is 1.82. The lowest BCUT2D eigenvalue weighted by Gasteiger charge is -2.06. The van der Waals surface area contributed by atoms with E-state index in [2.05, 4.69) is 26.2 Å². The summed E-state index contributed by atoms with van der Waals surface area (Å²) in [5, 5.41) is 2.69. The molecule has 0 aromatic carbocycles. The van der Waals surface area contributed by atoms with E-state index in [1.54, 1.807) is 18.5 Å². The SMILES string of the molecule is CCOCC(=O)Nc1ccncc1Br. The van der Waals surface area contributed by atoms with Crippen molar-refractivity contribution in [2.24, 2.45) is 0 Å². The molecule has 1 aromatic heterocycles. The molecule has 0 bridgehead atoms. The fraction of sp³-hybridized carbons (Fsp3) is 0.333. The van der Waals surface area contributed by atoms with Crippen LogP contribution in [-0.2, 0) is 9.53 Å². The van der Waals surface area contributed by atoms with Crippen LogP contribution in [0.3, 0.4) is 0 Å². The summed E-state index contributed by atoms with van der Waals surface area (Å²) in [5.74, 6) is -0.168. The predicted molar refractivity (Wildman–Crippen MR) is 57.1 cm³/mol. The number of carbonyl (C=O) groups is 1. The number of hydrogen-bond donors (Lipinski definition) is 1. The Morgan fingerprint density at radius 1 is 1.71 bits per heavy atom. The first kappa shape index (κ1) is 11.1. The summed E-state index contributed by atoms with van der Waals surface area (Å²) in [6, 6.07) is 1.72. The van der Waals surface area contributed by atoms with E-state index in [4.69, 9.17) is 4.74 Å². The van der Waals surface area contributed by atoms with Crippen molar-refractivity contribution < 1.29 is 9.53 Å². The van der Waals surface area contributed by atoms with E-state index in [9.17, 15) is 4.79 Å². The molecule has 0 radical (unpaired) electrons. The van der Waals surface area contributed by atoms with Crippen LogP contribution >= 0.6 is 15.9 Å². The van der Waals surface area contributed by atoms with Gasteiger partial charge in [-0.2, -0.15) is 0 Å². The zero-order valence-corrected chi connectivity index (χ0v) is 9.37. The summed E-state index contributed by atoms with van der Waals surface area (Å²) in [6.45, 7) is 2.45. The number of hydrogen-bond acceptors (Lipinski definition) is 3. The number of nitrogens with one attached hydrogen (secondary N) is 1. The smallest absolute Gasteiger partial charge is 0.250 e. The number of anilines is 1. The molecule has 1 heterocycles. The Labute approximate surface area is 90.8 Å². The third-order valence-corrected chi connectivity index (χ3v) is 2.12. The van der Waals surface area contributed by atoms with Gasteiger partial charge in [0.1, 0.15) is 6.61 Å². The Bertz CT molecular complexity index is 317. The third kappa shape index (κ3) is 3.43. The van der Waals surface area contributed by atoms with E-state index in [-0.39, 0.29) is 12.5 Å². The van der Waals surface area contributed by atoms with Gasteiger partial charge in [-0.3, -0.25) is 9.78 Å². The Hall–Kier alpha value is -0.940. The molecule has 0 atom stereocenters. The Morgan fingerprint density at radius 3 is 3.14 bits per heavy atom. The molecule has 14 heavy (non-hydrogen) atoms. The zero-order chi connectivity index (χ0) is 10.4. The maximum absolute atomic E-state index is 11.2. The number of aromatic nitrogens is 1. The summed E-state index contributed by atoms with van der Waals surface area (Å²) >= 11 is 3.27. The average Bonchev–Trinajstić information content (AvgIpc) is 2.18. The van der Waals surface area contributed by atoms with Crippen LogP contribution in [0.5, 0.6) is 0 Å². The third-order valence-electron chi connectivity index (χ3n) is 1.48. The van der Waals surface area contributed by atoms with E-state index in [1.165, 1.54) is 0 Å². The van der Waals surface area contributed by atoms with E-state index in [0.717, 1.165) is 4.47 Å². The molecule has 0 saturated heterocycles. The van der Waals surface area contributed by atoms with E-state index in [1.807, 2.05) is 6.92 Å². The highest BCUT2D eigenvalue weighted by Gasteiger charge is 2.04. The first-order chi connectivity index (χ1) is 6.74. The van der Waals surface area contributed by atoms with Crippen molar-refractivity contribution in [2.45, 2.75) is 6.92 Å². The number of halogens is 1. The summed E-state index contributed by atoms with van der Waals surface area (Å²) in [5.41, 5.74) is 0.699. The lowest BCUT2D eigenvalue weighted by Crippen LogP contribution is -2.18. The summed E-state index contributed by atoms with van der Waals surface area (Å²) in [6.07, 6.45) is 3.23. The molecular formula is C9H11BrN2O2. The topological polar surface area (TPSA) is 51.2 Å². The molecule has 1 rings (SSSR count). The second kappa shape index (κ2) is 5.72. The highest BCUT2D eigenvalue weighted by molar-refractivity contribution is 9.10. The van der Waals surface area contributed by atoms with Gasteiger partial charge in [0.05, 0.1) is 10.2 Å². The van der Waals surface area contributed by atoms with Crippen molar-refractivity contribution in [3.05, 3.63) is 22.9 Å². The maximum Gasteiger partial charge on any atom is 0.250 e. The van der Waals surface area contributed by atoms with Crippen LogP contribution < -0.4 is 5.32 Å². The number of ether oxygens (including phenoxy) is 1. The number of nitrogens with zero attached hydrogens (tertiary/aromatic N) is 1. The van der Waals surface area contributed by atoms with Gasteiger partial charge >= 0.3 is 0 Å². The normalized spacial score (nSPS) is 9.86. The minimum Gasteiger partial charge on any atom is -0.372 e. The molecule has 4 nitrogen and oxygen atoms in total. The fourth-order valence-corrected chi connectivity index (χ4v) is 1.21. The van der Waals surface area contributed by atoms with Crippen molar-refractivity contribution in [1.29, 1.82) is 0 Å². The van der Waals surface area contributed by atoms with Crippen molar-refractivity contribution in [1.82, 2.24) is 4.98 Å². The van der Waals surface area contributed by atoms with Crippen molar-refractivity contribution in [3.63, 3.8) is 0 Å². The van der Waals surface area contributed by atoms with E-state index in [0.29, 0.717) is 12.3 Å². The van der Waals surface area contributed by atoms with E-state index < -0.39 is 0 Å². The number of carbonyl (C=O) groups excluding carboxylic acids is 1. The molecule has 0 aliphatic heterocycles. The monoisotopic (exact) mass is 258 g/mol. The van der Waals surface area contributed by atoms with Gasteiger partial charge < -0.3 is 10.1 Å². The van der Waals surface area contributed by atoms with Crippen LogP contribution in [-0.4, -0.2) is 24.1 Å². The van der Waals surface area contributed by atoms with Gasteiger partial charge in [0.15, 0.2) is 0 Å². The highest BCUT2D eigenvalue weighted by Crippen LogP contribution is 2.19. The van der Waals surface area contributed by atoms with Crippen molar-refractivity contribution in [2.75, 3.05) is 18.5 Å². The van der Waals surface area contributed by atoms with Gasteiger partial charge in [-0.25, -0.2) is 0 Å².